The summed E-state index contributed by atoms with van der Waals surface area (Å²) in [7, 11) is 6.09. The number of nitrogens with zero attached hydrogens (tertiary/aromatic N) is 2. The number of carbonyl (C=O) groups is 1. The monoisotopic (exact) mass is 255 g/mol. The van der Waals surface area contributed by atoms with E-state index in [1.54, 1.807) is 0 Å². The first kappa shape index (κ1) is 15.4. The van der Waals surface area contributed by atoms with E-state index in [1.807, 2.05) is 11.9 Å². The van der Waals surface area contributed by atoms with E-state index in [0.29, 0.717) is 5.91 Å². The average molecular weight is 255 g/mol. The van der Waals surface area contributed by atoms with Gasteiger partial charge in [0, 0.05) is 20.1 Å². The molecule has 18 heavy (non-hydrogen) atoms. The zero-order valence-electron chi connectivity index (χ0n) is 12.5. The second-order valence-corrected chi connectivity index (χ2v) is 5.80. The summed E-state index contributed by atoms with van der Waals surface area (Å²) >= 11 is 0. The SMILES string of the molecule is CCC1(C(=O)N(C)CCCN(C)C)CCCNC1. The Balaban J connectivity index is 2.49. The second kappa shape index (κ2) is 7.10. The van der Waals surface area contributed by atoms with E-state index in [9.17, 15) is 4.79 Å². The van der Waals surface area contributed by atoms with E-state index in [2.05, 4.69) is 31.2 Å². The van der Waals surface area contributed by atoms with Gasteiger partial charge in [0.05, 0.1) is 5.41 Å². The van der Waals surface area contributed by atoms with Crippen molar-refractivity contribution in [1.29, 1.82) is 0 Å². The molecule has 1 N–H and O–H groups in total. The predicted molar refractivity (Wildman–Crippen MR) is 75.6 cm³/mol. The molecule has 0 aromatic carbocycles. The summed E-state index contributed by atoms with van der Waals surface area (Å²) in [5, 5.41) is 3.38. The Bertz CT molecular complexity index is 260. The maximum atomic E-state index is 12.6. The van der Waals surface area contributed by atoms with Crippen LogP contribution in [-0.2, 0) is 4.79 Å². The standard InChI is InChI=1S/C14H29N3O/c1-5-14(8-6-9-15-12-14)13(18)17(4)11-7-10-16(2)3/h15H,5-12H2,1-4H3. The Hall–Kier alpha value is -0.610. The van der Waals surface area contributed by atoms with Crippen LogP contribution in [0.2, 0.25) is 0 Å². The molecule has 1 unspecified atom stereocenters. The maximum absolute atomic E-state index is 12.6. The van der Waals surface area contributed by atoms with Gasteiger partial charge in [-0.25, -0.2) is 0 Å². The van der Waals surface area contributed by atoms with Crippen molar-refractivity contribution in [3.63, 3.8) is 0 Å². The molecule has 0 spiro atoms. The second-order valence-electron chi connectivity index (χ2n) is 5.80. The molecule has 1 saturated heterocycles. The Morgan fingerprint density at radius 3 is 2.50 bits per heavy atom. The number of hydrogen-bond acceptors (Lipinski definition) is 3. The van der Waals surface area contributed by atoms with Crippen LogP contribution in [0.15, 0.2) is 0 Å². The van der Waals surface area contributed by atoms with Crippen LogP contribution >= 0.6 is 0 Å². The fourth-order valence-electron chi connectivity index (χ4n) is 2.73. The third-order valence-electron chi connectivity index (χ3n) is 4.05. The van der Waals surface area contributed by atoms with E-state index < -0.39 is 0 Å². The van der Waals surface area contributed by atoms with Crippen molar-refractivity contribution in [1.82, 2.24) is 15.1 Å². The molecule has 0 saturated carbocycles. The highest BCUT2D eigenvalue weighted by molar-refractivity contribution is 5.82. The van der Waals surface area contributed by atoms with Gasteiger partial charge in [0.2, 0.25) is 5.91 Å². The summed E-state index contributed by atoms with van der Waals surface area (Å²) in [6, 6.07) is 0. The zero-order chi connectivity index (χ0) is 13.6. The number of nitrogens with one attached hydrogen (secondary N) is 1. The van der Waals surface area contributed by atoms with Crippen molar-refractivity contribution in [2.24, 2.45) is 5.41 Å². The Morgan fingerprint density at radius 2 is 2.00 bits per heavy atom. The first-order valence-corrected chi connectivity index (χ1v) is 7.13. The van der Waals surface area contributed by atoms with Gasteiger partial charge < -0.3 is 15.1 Å². The first-order chi connectivity index (χ1) is 8.52. The van der Waals surface area contributed by atoms with E-state index >= 15 is 0 Å². The normalized spacial score (nSPS) is 24.3. The number of rotatable bonds is 6. The van der Waals surface area contributed by atoms with Crippen molar-refractivity contribution in [2.45, 2.75) is 32.6 Å². The minimum atomic E-state index is -0.148. The lowest BCUT2D eigenvalue weighted by molar-refractivity contribution is -0.142. The van der Waals surface area contributed by atoms with E-state index in [-0.39, 0.29) is 5.41 Å². The minimum absolute atomic E-state index is 0.148. The van der Waals surface area contributed by atoms with Crippen LogP contribution in [0.3, 0.4) is 0 Å². The van der Waals surface area contributed by atoms with Crippen molar-refractivity contribution >= 4 is 5.91 Å². The van der Waals surface area contributed by atoms with Gasteiger partial charge in [-0.2, -0.15) is 0 Å². The number of amides is 1. The molecule has 0 radical (unpaired) electrons. The van der Waals surface area contributed by atoms with Gasteiger partial charge >= 0.3 is 0 Å². The molecule has 0 aromatic heterocycles. The van der Waals surface area contributed by atoms with Gasteiger partial charge in [-0.3, -0.25) is 4.79 Å². The molecule has 1 rings (SSSR count). The molecular formula is C14H29N3O. The number of piperidine rings is 1. The largest absolute Gasteiger partial charge is 0.345 e. The third kappa shape index (κ3) is 3.95. The minimum Gasteiger partial charge on any atom is -0.345 e. The van der Waals surface area contributed by atoms with Crippen LogP contribution in [0.1, 0.15) is 32.6 Å². The number of carbonyl (C=O) groups excluding carboxylic acids is 1. The van der Waals surface area contributed by atoms with Gasteiger partial charge in [0.25, 0.3) is 0 Å². The lowest BCUT2D eigenvalue weighted by atomic mass is 9.77. The molecule has 1 atom stereocenters. The lowest BCUT2D eigenvalue weighted by Crippen LogP contribution is -2.51. The van der Waals surface area contributed by atoms with Crippen LogP contribution < -0.4 is 5.32 Å². The van der Waals surface area contributed by atoms with Crippen LogP contribution in [-0.4, -0.2) is 63.0 Å². The average Bonchev–Trinajstić information content (AvgIpc) is 2.38. The molecule has 1 fully saturated rings. The number of hydrogen-bond donors (Lipinski definition) is 1. The Kier molecular flexibility index (Phi) is 6.09. The van der Waals surface area contributed by atoms with Crippen molar-refractivity contribution < 1.29 is 4.79 Å². The highest BCUT2D eigenvalue weighted by atomic mass is 16.2. The highest BCUT2D eigenvalue weighted by Gasteiger charge is 2.39. The van der Waals surface area contributed by atoms with Crippen LogP contribution in [0, 0.1) is 5.41 Å². The summed E-state index contributed by atoms with van der Waals surface area (Å²) in [6.07, 6.45) is 4.14. The summed E-state index contributed by atoms with van der Waals surface area (Å²) in [4.78, 5) is 16.7. The topological polar surface area (TPSA) is 35.6 Å². The smallest absolute Gasteiger partial charge is 0.229 e. The fraction of sp³-hybridized carbons (Fsp3) is 0.929. The molecule has 0 aliphatic carbocycles. The molecule has 0 aromatic rings. The zero-order valence-corrected chi connectivity index (χ0v) is 12.5. The van der Waals surface area contributed by atoms with Crippen LogP contribution in [0.25, 0.3) is 0 Å². The van der Waals surface area contributed by atoms with E-state index in [1.165, 1.54) is 0 Å². The summed E-state index contributed by atoms with van der Waals surface area (Å²) in [5.74, 6) is 0.330. The van der Waals surface area contributed by atoms with Gasteiger partial charge in [0.15, 0.2) is 0 Å². The highest BCUT2D eigenvalue weighted by Crippen LogP contribution is 2.31. The molecule has 1 aliphatic heterocycles. The Labute approximate surface area is 112 Å². The van der Waals surface area contributed by atoms with Gasteiger partial charge in [-0.1, -0.05) is 6.92 Å². The molecule has 4 heteroatoms. The maximum Gasteiger partial charge on any atom is 0.229 e. The van der Waals surface area contributed by atoms with E-state index in [4.69, 9.17) is 0 Å². The van der Waals surface area contributed by atoms with Crippen LogP contribution in [0.4, 0.5) is 0 Å². The molecule has 106 valence electrons. The predicted octanol–water partition coefficient (Wildman–Crippen LogP) is 1.18. The molecule has 4 nitrogen and oxygen atoms in total. The summed E-state index contributed by atoms with van der Waals surface area (Å²) in [6.45, 7) is 5.94. The van der Waals surface area contributed by atoms with Crippen molar-refractivity contribution in [3.8, 4) is 0 Å². The molecule has 1 heterocycles. The quantitative estimate of drug-likeness (QED) is 0.774. The molecule has 1 aliphatic rings. The van der Waals surface area contributed by atoms with E-state index in [0.717, 1.165) is 51.9 Å². The van der Waals surface area contributed by atoms with Crippen molar-refractivity contribution in [3.05, 3.63) is 0 Å². The van der Waals surface area contributed by atoms with Gasteiger partial charge in [0.1, 0.15) is 0 Å². The fourth-order valence-corrected chi connectivity index (χ4v) is 2.73. The Morgan fingerprint density at radius 1 is 1.28 bits per heavy atom. The third-order valence-corrected chi connectivity index (χ3v) is 4.05. The first-order valence-electron chi connectivity index (χ1n) is 7.13. The van der Waals surface area contributed by atoms with Crippen LogP contribution in [0.5, 0.6) is 0 Å². The lowest BCUT2D eigenvalue weighted by Gasteiger charge is -2.38. The summed E-state index contributed by atoms with van der Waals surface area (Å²) < 4.78 is 0. The molecule has 0 bridgehead atoms. The van der Waals surface area contributed by atoms with Crippen molar-refractivity contribution in [2.75, 3.05) is 47.3 Å². The van der Waals surface area contributed by atoms with Gasteiger partial charge in [-0.05, 0) is 52.9 Å². The molecular weight excluding hydrogens is 226 g/mol. The summed E-state index contributed by atoms with van der Waals surface area (Å²) in [5.41, 5.74) is -0.148. The molecule has 1 amide bonds. The van der Waals surface area contributed by atoms with Gasteiger partial charge in [-0.15, -0.1) is 0 Å².